The number of aryl methyl sites for hydroxylation is 2. The van der Waals surface area contributed by atoms with Crippen LogP contribution in [0.4, 0.5) is 0 Å². The quantitative estimate of drug-likeness (QED) is 0.647. The maximum atomic E-state index is 12.8. The maximum Gasteiger partial charge on any atom is 0.219 e. The van der Waals surface area contributed by atoms with Gasteiger partial charge in [0.2, 0.25) is 15.7 Å². The van der Waals surface area contributed by atoms with E-state index in [-0.39, 0.29) is 15.5 Å². The van der Waals surface area contributed by atoms with Crippen molar-refractivity contribution in [3.8, 4) is 11.6 Å². The van der Waals surface area contributed by atoms with Crippen molar-refractivity contribution in [2.45, 2.75) is 23.6 Å². The summed E-state index contributed by atoms with van der Waals surface area (Å²) < 4.78 is 31.3. The summed E-state index contributed by atoms with van der Waals surface area (Å²) in [5.74, 6) is 0.597. The number of pyridine rings is 1. The number of hydrogen-bond acceptors (Lipinski definition) is 4. The first-order chi connectivity index (χ1) is 11.9. The number of rotatable bonds is 4. The number of hydrogen-bond donors (Lipinski definition) is 0. The van der Waals surface area contributed by atoms with Crippen molar-refractivity contribution >= 4 is 21.4 Å². The fourth-order valence-corrected chi connectivity index (χ4v) is 3.69. The van der Waals surface area contributed by atoms with Crippen LogP contribution >= 0.6 is 11.6 Å². The fourth-order valence-electron chi connectivity index (χ4n) is 2.26. The molecule has 4 nitrogen and oxygen atoms in total. The molecule has 0 atom stereocenters. The summed E-state index contributed by atoms with van der Waals surface area (Å²) in [5, 5.41) is 0.311. The molecular formula is C19H16ClNO3S. The minimum absolute atomic E-state index is 0.114. The van der Waals surface area contributed by atoms with Crippen LogP contribution in [0.15, 0.2) is 70.6 Å². The molecule has 0 aliphatic carbocycles. The predicted octanol–water partition coefficient (Wildman–Crippen LogP) is 4.98. The Kier molecular flexibility index (Phi) is 4.79. The van der Waals surface area contributed by atoms with E-state index in [1.165, 1.54) is 18.2 Å². The zero-order valence-corrected chi connectivity index (χ0v) is 15.3. The molecule has 6 heteroatoms. The van der Waals surface area contributed by atoms with Gasteiger partial charge in [-0.25, -0.2) is 13.4 Å². The van der Waals surface area contributed by atoms with Gasteiger partial charge in [0, 0.05) is 18.3 Å². The molecule has 0 fully saturated rings. The lowest BCUT2D eigenvalue weighted by atomic mass is 10.2. The van der Waals surface area contributed by atoms with Crippen molar-refractivity contribution in [1.29, 1.82) is 0 Å². The second-order valence-corrected chi connectivity index (χ2v) is 8.04. The van der Waals surface area contributed by atoms with Crippen molar-refractivity contribution in [3.63, 3.8) is 0 Å². The third-order valence-corrected chi connectivity index (χ3v) is 5.73. The second kappa shape index (κ2) is 6.86. The predicted molar refractivity (Wildman–Crippen MR) is 97.1 cm³/mol. The number of aromatic nitrogens is 1. The average molecular weight is 374 g/mol. The summed E-state index contributed by atoms with van der Waals surface area (Å²) in [6.45, 7) is 3.81. The molecule has 1 aromatic heterocycles. The van der Waals surface area contributed by atoms with Gasteiger partial charge in [0.1, 0.15) is 5.75 Å². The highest BCUT2D eigenvalue weighted by atomic mass is 35.5. The molecule has 3 rings (SSSR count). The molecule has 0 bridgehead atoms. The highest BCUT2D eigenvalue weighted by Crippen LogP contribution is 2.33. The van der Waals surface area contributed by atoms with Crippen molar-refractivity contribution in [3.05, 3.63) is 76.9 Å². The molecule has 0 saturated carbocycles. The van der Waals surface area contributed by atoms with E-state index in [4.69, 9.17) is 16.3 Å². The number of sulfone groups is 1. The van der Waals surface area contributed by atoms with Gasteiger partial charge in [0.25, 0.3) is 0 Å². The minimum Gasteiger partial charge on any atom is -0.437 e. The van der Waals surface area contributed by atoms with Crippen LogP contribution in [0.25, 0.3) is 0 Å². The zero-order valence-electron chi connectivity index (χ0n) is 13.7. The monoisotopic (exact) mass is 373 g/mol. The molecule has 0 N–H and O–H groups in total. The Morgan fingerprint density at radius 3 is 2.24 bits per heavy atom. The van der Waals surface area contributed by atoms with E-state index in [0.717, 1.165) is 11.1 Å². The second-order valence-electron chi connectivity index (χ2n) is 5.68. The van der Waals surface area contributed by atoms with E-state index in [1.54, 1.807) is 36.5 Å². The molecule has 2 aromatic carbocycles. The minimum atomic E-state index is -3.65. The largest absolute Gasteiger partial charge is 0.437 e. The van der Waals surface area contributed by atoms with E-state index >= 15 is 0 Å². The summed E-state index contributed by atoms with van der Waals surface area (Å²) in [7, 11) is -3.65. The number of nitrogens with zero attached hydrogens (tertiary/aromatic N) is 1. The molecule has 1 heterocycles. The average Bonchev–Trinajstić information content (AvgIpc) is 2.57. The Morgan fingerprint density at radius 1 is 0.880 bits per heavy atom. The van der Waals surface area contributed by atoms with Crippen LogP contribution in [0.3, 0.4) is 0 Å². The van der Waals surface area contributed by atoms with Crippen molar-refractivity contribution < 1.29 is 13.2 Å². The van der Waals surface area contributed by atoms with Crippen LogP contribution in [0, 0.1) is 13.8 Å². The van der Waals surface area contributed by atoms with E-state index in [0.29, 0.717) is 10.9 Å². The molecule has 0 spiro atoms. The van der Waals surface area contributed by atoms with Gasteiger partial charge in [-0.2, -0.15) is 0 Å². The molecule has 0 amide bonds. The SMILES string of the molecule is Cc1ccc(S(=O)(=O)c2ccc(Cl)c(Oc3cc(C)ccn3)c2)cc1. The number of halogens is 1. The van der Waals surface area contributed by atoms with Gasteiger partial charge in [-0.1, -0.05) is 29.3 Å². The lowest BCUT2D eigenvalue weighted by molar-refractivity contribution is 0.461. The molecule has 0 aliphatic rings. The van der Waals surface area contributed by atoms with Crippen LogP contribution < -0.4 is 4.74 Å². The summed E-state index contributed by atoms with van der Waals surface area (Å²) in [5.41, 5.74) is 1.97. The Morgan fingerprint density at radius 2 is 1.56 bits per heavy atom. The molecule has 0 radical (unpaired) electrons. The lowest BCUT2D eigenvalue weighted by Gasteiger charge is -2.10. The molecule has 25 heavy (non-hydrogen) atoms. The highest BCUT2D eigenvalue weighted by molar-refractivity contribution is 7.91. The van der Waals surface area contributed by atoms with E-state index < -0.39 is 9.84 Å². The standard InChI is InChI=1S/C19H16ClNO3S/c1-13-3-5-15(6-4-13)25(22,23)16-7-8-17(20)18(12-16)24-19-11-14(2)9-10-21-19/h3-12H,1-2H3. The molecule has 0 unspecified atom stereocenters. The Bertz CT molecular complexity index is 1020. The third-order valence-electron chi connectivity index (χ3n) is 3.65. The van der Waals surface area contributed by atoms with Crippen molar-refractivity contribution in [2.75, 3.05) is 0 Å². The van der Waals surface area contributed by atoms with Gasteiger partial charge in [0.05, 0.1) is 14.8 Å². The first-order valence-electron chi connectivity index (χ1n) is 7.58. The molecule has 3 aromatic rings. The smallest absolute Gasteiger partial charge is 0.219 e. The van der Waals surface area contributed by atoms with Crippen molar-refractivity contribution in [1.82, 2.24) is 4.98 Å². The summed E-state index contributed by atoms with van der Waals surface area (Å²) in [4.78, 5) is 4.44. The third kappa shape index (κ3) is 3.83. The highest BCUT2D eigenvalue weighted by Gasteiger charge is 2.19. The first kappa shape index (κ1) is 17.5. The van der Waals surface area contributed by atoms with E-state index in [1.807, 2.05) is 19.9 Å². The van der Waals surface area contributed by atoms with Crippen LogP contribution in [0.5, 0.6) is 11.6 Å². The lowest BCUT2D eigenvalue weighted by Crippen LogP contribution is -2.02. The van der Waals surface area contributed by atoms with Crippen LogP contribution in [-0.4, -0.2) is 13.4 Å². The van der Waals surface area contributed by atoms with E-state index in [2.05, 4.69) is 4.98 Å². The fraction of sp³-hybridized carbons (Fsp3) is 0.105. The topological polar surface area (TPSA) is 56.3 Å². The number of benzene rings is 2. The normalized spacial score (nSPS) is 11.3. The van der Waals surface area contributed by atoms with Crippen molar-refractivity contribution in [2.24, 2.45) is 0 Å². The molecule has 0 aliphatic heterocycles. The molecule has 128 valence electrons. The van der Waals surface area contributed by atoms with Gasteiger partial charge in [0.15, 0.2) is 0 Å². The van der Waals surface area contributed by atoms with Crippen LogP contribution in [-0.2, 0) is 9.84 Å². The van der Waals surface area contributed by atoms with Crippen LogP contribution in [0.1, 0.15) is 11.1 Å². The van der Waals surface area contributed by atoms with Gasteiger partial charge in [-0.05, 0) is 49.7 Å². The summed E-state index contributed by atoms with van der Waals surface area (Å²) >= 11 is 6.16. The Labute approximate surface area is 152 Å². The van der Waals surface area contributed by atoms with Gasteiger partial charge >= 0.3 is 0 Å². The van der Waals surface area contributed by atoms with Crippen LogP contribution in [0.2, 0.25) is 5.02 Å². The van der Waals surface area contributed by atoms with Gasteiger partial charge in [-0.3, -0.25) is 0 Å². The Hall–Kier alpha value is -2.37. The first-order valence-corrected chi connectivity index (χ1v) is 9.44. The van der Waals surface area contributed by atoms with E-state index in [9.17, 15) is 8.42 Å². The zero-order chi connectivity index (χ0) is 18.0. The summed E-state index contributed by atoms with van der Waals surface area (Å²) in [6.07, 6.45) is 1.62. The van der Waals surface area contributed by atoms with Gasteiger partial charge in [-0.15, -0.1) is 0 Å². The summed E-state index contributed by atoms with van der Waals surface area (Å²) in [6, 6.07) is 14.7. The van der Waals surface area contributed by atoms with Gasteiger partial charge < -0.3 is 4.74 Å². The number of ether oxygens (including phenoxy) is 1. The maximum absolute atomic E-state index is 12.8. The molecule has 0 saturated heterocycles. The molecular weight excluding hydrogens is 358 g/mol. The Balaban J connectivity index is 2.00.